The van der Waals surface area contributed by atoms with Crippen LogP contribution < -0.4 is 11.1 Å². The molecule has 0 saturated carbocycles. The quantitative estimate of drug-likeness (QED) is 0.832. The van der Waals surface area contributed by atoms with Gasteiger partial charge >= 0.3 is 0 Å². The summed E-state index contributed by atoms with van der Waals surface area (Å²) >= 11 is 0. The van der Waals surface area contributed by atoms with Crippen molar-refractivity contribution in [2.75, 3.05) is 18.5 Å². The molecule has 28 heavy (non-hydrogen) atoms. The highest BCUT2D eigenvalue weighted by Crippen LogP contribution is 2.37. The second-order valence-electron chi connectivity index (χ2n) is 6.01. The number of alkyl halides is 2. The van der Waals surface area contributed by atoms with Crippen LogP contribution in [0.2, 0.25) is 0 Å². The smallest absolute Gasteiger partial charge is 0.274 e. The van der Waals surface area contributed by atoms with E-state index in [4.69, 9.17) is 15.7 Å². The Balaban J connectivity index is 1.93. The number of anilines is 1. The number of nitrogens with one attached hydrogen (secondary N) is 1. The molecule has 1 aliphatic rings. The highest BCUT2D eigenvalue weighted by atomic mass is 19.3. The zero-order valence-electron chi connectivity index (χ0n) is 14.3. The van der Waals surface area contributed by atoms with Crippen LogP contribution >= 0.6 is 0 Å². The molecular formula is C18H14F3N5O2. The van der Waals surface area contributed by atoms with Crippen LogP contribution in [0.1, 0.15) is 21.6 Å². The molecule has 0 unspecified atom stereocenters. The van der Waals surface area contributed by atoms with Gasteiger partial charge in [-0.15, -0.1) is 0 Å². The third-order valence-corrected chi connectivity index (χ3v) is 4.09. The van der Waals surface area contributed by atoms with Crippen molar-refractivity contribution < 1.29 is 22.7 Å². The molecule has 0 radical (unpaired) electrons. The Labute approximate surface area is 157 Å². The Morgan fingerprint density at radius 3 is 2.75 bits per heavy atom. The van der Waals surface area contributed by atoms with Crippen molar-refractivity contribution in [1.82, 2.24) is 4.98 Å². The summed E-state index contributed by atoms with van der Waals surface area (Å²) in [7, 11) is 0. The third-order valence-electron chi connectivity index (χ3n) is 4.09. The molecule has 3 rings (SSSR count). The van der Waals surface area contributed by atoms with Crippen LogP contribution in [0.25, 0.3) is 0 Å². The van der Waals surface area contributed by atoms with Crippen molar-refractivity contribution in [1.29, 1.82) is 5.26 Å². The maximum Gasteiger partial charge on any atom is 0.274 e. The molecule has 0 aliphatic carbocycles. The molecular weight excluding hydrogens is 375 g/mol. The van der Waals surface area contributed by atoms with Gasteiger partial charge in [-0.05, 0) is 30.3 Å². The van der Waals surface area contributed by atoms with Crippen LogP contribution in [-0.4, -0.2) is 36.4 Å². The zero-order chi connectivity index (χ0) is 20.3. The lowest BCUT2D eigenvalue weighted by Gasteiger charge is -2.33. The number of rotatable bonds is 4. The number of nitrogens with two attached hydrogens (primary N) is 1. The largest absolute Gasteiger partial charge is 0.385 e. The summed E-state index contributed by atoms with van der Waals surface area (Å²) in [5.41, 5.74) is 3.10. The number of carbonyl (C=O) groups excluding carboxylic acids is 1. The van der Waals surface area contributed by atoms with Crippen molar-refractivity contribution >= 4 is 17.4 Å². The molecule has 1 atom stereocenters. The third kappa shape index (κ3) is 3.65. The van der Waals surface area contributed by atoms with Gasteiger partial charge in [-0.25, -0.2) is 18.2 Å². The van der Waals surface area contributed by atoms with Gasteiger partial charge in [0.1, 0.15) is 30.0 Å². The summed E-state index contributed by atoms with van der Waals surface area (Å²) in [4.78, 5) is 19.9. The van der Waals surface area contributed by atoms with E-state index in [2.05, 4.69) is 15.3 Å². The van der Waals surface area contributed by atoms with Crippen LogP contribution in [-0.2, 0) is 10.3 Å². The van der Waals surface area contributed by atoms with Gasteiger partial charge in [0.2, 0.25) is 0 Å². The number of nitriles is 1. The monoisotopic (exact) mass is 389 g/mol. The maximum atomic E-state index is 14.4. The van der Waals surface area contributed by atoms with E-state index in [9.17, 15) is 18.0 Å². The number of halogens is 3. The minimum absolute atomic E-state index is 0.00304. The average molecular weight is 389 g/mol. The van der Waals surface area contributed by atoms with E-state index in [0.29, 0.717) is 0 Å². The Bertz CT molecular complexity index is 972. The number of amidine groups is 1. The van der Waals surface area contributed by atoms with Crippen molar-refractivity contribution in [3.05, 3.63) is 59.2 Å². The number of benzene rings is 1. The normalized spacial score (nSPS) is 19.0. The first kappa shape index (κ1) is 19.3. The molecule has 1 aromatic carbocycles. The molecule has 3 N–H and O–H groups in total. The number of nitrogens with zero attached hydrogens (tertiary/aromatic N) is 3. The first-order chi connectivity index (χ1) is 13.4. The van der Waals surface area contributed by atoms with Gasteiger partial charge in [-0.1, -0.05) is 0 Å². The number of ether oxygens (including phenoxy) is 1. The van der Waals surface area contributed by atoms with E-state index in [1.165, 1.54) is 24.4 Å². The van der Waals surface area contributed by atoms with E-state index in [1.807, 2.05) is 6.07 Å². The average Bonchev–Trinajstić information content (AvgIpc) is 2.69. The molecule has 0 saturated heterocycles. The predicted octanol–water partition coefficient (Wildman–Crippen LogP) is 2.19. The molecule has 7 nitrogen and oxygen atoms in total. The van der Waals surface area contributed by atoms with Gasteiger partial charge in [-0.3, -0.25) is 9.79 Å². The molecule has 0 bridgehead atoms. The predicted molar refractivity (Wildman–Crippen MR) is 93.4 cm³/mol. The van der Waals surface area contributed by atoms with E-state index >= 15 is 0 Å². The molecule has 2 aromatic rings. The van der Waals surface area contributed by atoms with Crippen molar-refractivity contribution in [3.63, 3.8) is 0 Å². The minimum atomic E-state index is -3.09. The number of hydrogen-bond donors (Lipinski definition) is 2. The second-order valence-corrected chi connectivity index (χ2v) is 6.01. The van der Waals surface area contributed by atoms with Crippen LogP contribution in [0.4, 0.5) is 18.9 Å². The summed E-state index contributed by atoms with van der Waals surface area (Å²) in [5, 5.41) is 11.2. The lowest BCUT2D eigenvalue weighted by atomic mass is 9.90. The lowest BCUT2D eigenvalue weighted by molar-refractivity contribution is -0.0145. The lowest BCUT2D eigenvalue weighted by Crippen LogP contribution is -2.45. The topological polar surface area (TPSA) is 113 Å². The SMILES string of the molecule is N#Cc1ccc(C(=O)Nc2ccc(F)c([C@@]3(C(F)F)COCC(N)=N3)c2)nc1. The molecule has 1 amide bonds. The Morgan fingerprint density at radius 2 is 2.14 bits per heavy atom. The molecule has 0 spiro atoms. The fourth-order valence-corrected chi connectivity index (χ4v) is 2.72. The standard InChI is InChI=1S/C18H14F3N5O2/c19-13-3-2-11(25-16(27)14-4-1-10(6-22)7-24-14)5-12(13)18(17(20)21)9-28-8-15(23)26-18/h1-5,7,17H,8-9H2,(H2,23,26)(H,25,27)/t18-/m1/s1. The highest BCUT2D eigenvalue weighted by molar-refractivity contribution is 6.02. The summed E-state index contributed by atoms with van der Waals surface area (Å²) < 4.78 is 47.1. The van der Waals surface area contributed by atoms with Crippen molar-refractivity contribution in [3.8, 4) is 6.07 Å². The molecule has 0 fully saturated rings. The first-order valence-electron chi connectivity index (χ1n) is 8.03. The second kappa shape index (κ2) is 7.66. The number of carbonyl (C=O) groups is 1. The van der Waals surface area contributed by atoms with E-state index in [0.717, 1.165) is 12.1 Å². The van der Waals surface area contributed by atoms with Crippen molar-refractivity contribution in [2.45, 2.75) is 12.0 Å². The molecule has 1 aromatic heterocycles. The van der Waals surface area contributed by atoms with Crippen LogP contribution in [0.15, 0.2) is 41.5 Å². The first-order valence-corrected chi connectivity index (χ1v) is 8.03. The fourth-order valence-electron chi connectivity index (χ4n) is 2.72. The minimum Gasteiger partial charge on any atom is -0.385 e. The number of pyridine rings is 1. The van der Waals surface area contributed by atoms with Gasteiger partial charge < -0.3 is 15.8 Å². The molecule has 2 heterocycles. The zero-order valence-corrected chi connectivity index (χ0v) is 14.3. The Hall–Kier alpha value is -3.45. The van der Waals surface area contributed by atoms with Gasteiger partial charge in [0.25, 0.3) is 12.3 Å². The number of hydrogen-bond acceptors (Lipinski definition) is 6. The van der Waals surface area contributed by atoms with E-state index in [1.54, 1.807) is 0 Å². The van der Waals surface area contributed by atoms with Crippen LogP contribution in [0.3, 0.4) is 0 Å². The number of amides is 1. The van der Waals surface area contributed by atoms with Gasteiger partial charge in [0.05, 0.1) is 12.2 Å². The summed E-state index contributed by atoms with van der Waals surface area (Å²) in [6.45, 7) is -0.687. The molecule has 10 heteroatoms. The fraction of sp³-hybridized carbons (Fsp3) is 0.222. The van der Waals surface area contributed by atoms with Gasteiger partial charge in [-0.2, -0.15) is 5.26 Å². The Kier molecular flexibility index (Phi) is 5.28. The van der Waals surface area contributed by atoms with Gasteiger partial charge in [0, 0.05) is 17.4 Å². The van der Waals surface area contributed by atoms with E-state index < -0.39 is 35.9 Å². The molecule has 144 valence electrons. The summed E-state index contributed by atoms with van der Waals surface area (Å²) in [5.74, 6) is -1.77. The summed E-state index contributed by atoms with van der Waals surface area (Å²) in [6, 6.07) is 7.83. The summed E-state index contributed by atoms with van der Waals surface area (Å²) in [6.07, 6.45) is -1.87. The maximum absolute atomic E-state index is 14.4. The van der Waals surface area contributed by atoms with Crippen LogP contribution in [0, 0.1) is 17.1 Å². The number of aliphatic imine (C=N–C) groups is 1. The van der Waals surface area contributed by atoms with Crippen LogP contribution in [0.5, 0.6) is 0 Å². The van der Waals surface area contributed by atoms with E-state index in [-0.39, 0.29) is 29.4 Å². The Morgan fingerprint density at radius 1 is 1.36 bits per heavy atom. The number of aromatic nitrogens is 1. The highest BCUT2D eigenvalue weighted by Gasteiger charge is 2.46. The van der Waals surface area contributed by atoms with Crippen molar-refractivity contribution in [2.24, 2.45) is 10.7 Å². The molecule has 1 aliphatic heterocycles. The van der Waals surface area contributed by atoms with Gasteiger partial charge in [0.15, 0.2) is 5.54 Å².